The van der Waals surface area contributed by atoms with E-state index in [4.69, 9.17) is 5.11 Å². The van der Waals surface area contributed by atoms with Gasteiger partial charge < -0.3 is 15.3 Å². The van der Waals surface area contributed by atoms with Crippen LogP contribution in [0, 0.1) is 11.8 Å². The SMILES string of the molecule is CC1CC(C(=O)O)CN(C(=O)CCNC(=O)Cc2ccccc2)C1. The number of rotatable bonds is 6. The number of hydrogen-bond acceptors (Lipinski definition) is 3. The Morgan fingerprint density at radius 1 is 1.21 bits per heavy atom. The summed E-state index contributed by atoms with van der Waals surface area (Å²) in [6.07, 6.45) is 1.09. The molecule has 2 atom stereocenters. The third-order valence-electron chi connectivity index (χ3n) is 4.23. The van der Waals surface area contributed by atoms with Gasteiger partial charge in [0.25, 0.3) is 0 Å². The Morgan fingerprint density at radius 3 is 2.58 bits per heavy atom. The van der Waals surface area contributed by atoms with Crippen LogP contribution >= 0.6 is 0 Å². The number of amides is 2. The maximum Gasteiger partial charge on any atom is 0.308 e. The molecule has 2 rings (SSSR count). The van der Waals surface area contributed by atoms with Crippen molar-refractivity contribution < 1.29 is 19.5 Å². The lowest BCUT2D eigenvalue weighted by atomic mass is 9.90. The van der Waals surface area contributed by atoms with Gasteiger partial charge in [0.2, 0.25) is 11.8 Å². The summed E-state index contributed by atoms with van der Waals surface area (Å²) >= 11 is 0. The molecule has 130 valence electrons. The van der Waals surface area contributed by atoms with Crippen LogP contribution in [0.1, 0.15) is 25.3 Å². The molecule has 1 aromatic carbocycles. The van der Waals surface area contributed by atoms with Crippen molar-refractivity contribution in [1.82, 2.24) is 10.2 Å². The molecule has 2 amide bonds. The van der Waals surface area contributed by atoms with E-state index in [0.717, 1.165) is 5.56 Å². The van der Waals surface area contributed by atoms with Gasteiger partial charge in [0.05, 0.1) is 12.3 Å². The Kier molecular flexibility index (Phi) is 6.35. The molecule has 0 aromatic heterocycles. The van der Waals surface area contributed by atoms with Crippen molar-refractivity contribution in [3.63, 3.8) is 0 Å². The number of likely N-dealkylation sites (tertiary alicyclic amines) is 1. The van der Waals surface area contributed by atoms with Gasteiger partial charge in [-0.2, -0.15) is 0 Å². The van der Waals surface area contributed by atoms with Crippen LogP contribution in [-0.4, -0.2) is 47.4 Å². The average Bonchev–Trinajstić information content (AvgIpc) is 2.55. The van der Waals surface area contributed by atoms with Crippen LogP contribution in [0.3, 0.4) is 0 Å². The standard InChI is InChI=1S/C18H24N2O4/c1-13-9-15(18(23)24)12-20(11-13)17(22)7-8-19-16(21)10-14-5-3-2-4-6-14/h2-6,13,15H,7-12H2,1H3,(H,19,21)(H,23,24). The number of nitrogens with one attached hydrogen (secondary N) is 1. The number of piperidine rings is 1. The molecule has 0 aliphatic carbocycles. The molecule has 0 bridgehead atoms. The molecule has 6 nitrogen and oxygen atoms in total. The lowest BCUT2D eigenvalue weighted by Crippen LogP contribution is -2.46. The van der Waals surface area contributed by atoms with E-state index < -0.39 is 11.9 Å². The van der Waals surface area contributed by atoms with E-state index in [0.29, 0.717) is 13.0 Å². The molecular formula is C18H24N2O4. The molecule has 2 N–H and O–H groups in total. The number of carbonyl (C=O) groups excluding carboxylic acids is 2. The molecule has 1 aromatic rings. The van der Waals surface area contributed by atoms with E-state index in [9.17, 15) is 14.4 Å². The lowest BCUT2D eigenvalue weighted by Gasteiger charge is -2.34. The third-order valence-corrected chi connectivity index (χ3v) is 4.23. The Bertz CT molecular complexity index is 588. The number of hydrogen-bond donors (Lipinski definition) is 2. The quantitative estimate of drug-likeness (QED) is 0.822. The largest absolute Gasteiger partial charge is 0.481 e. The average molecular weight is 332 g/mol. The number of nitrogens with zero attached hydrogens (tertiary/aromatic N) is 1. The predicted octanol–water partition coefficient (Wildman–Crippen LogP) is 1.30. The van der Waals surface area contributed by atoms with E-state index in [2.05, 4.69) is 5.32 Å². The number of benzene rings is 1. The van der Waals surface area contributed by atoms with Crippen molar-refractivity contribution in [3.05, 3.63) is 35.9 Å². The van der Waals surface area contributed by atoms with Gasteiger partial charge in [-0.3, -0.25) is 14.4 Å². The van der Waals surface area contributed by atoms with Gasteiger partial charge in [-0.25, -0.2) is 0 Å². The van der Waals surface area contributed by atoms with E-state index >= 15 is 0 Å². The first kappa shape index (κ1) is 18.0. The second-order valence-electron chi connectivity index (χ2n) is 6.44. The second-order valence-corrected chi connectivity index (χ2v) is 6.44. The monoisotopic (exact) mass is 332 g/mol. The van der Waals surface area contributed by atoms with Crippen molar-refractivity contribution in [2.75, 3.05) is 19.6 Å². The smallest absolute Gasteiger partial charge is 0.308 e. The molecule has 1 heterocycles. The molecule has 1 fully saturated rings. The summed E-state index contributed by atoms with van der Waals surface area (Å²) in [6.45, 7) is 3.07. The van der Waals surface area contributed by atoms with Crippen LogP contribution in [-0.2, 0) is 20.8 Å². The zero-order chi connectivity index (χ0) is 17.5. The first-order valence-corrected chi connectivity index (χ1v) is 8.27. The molecular weight excluding hydrogens is 308 g/mol. The molecule has 1 aliphatic rings. The van der Waals surface area contributed by atoms with Gasteiger partial charge in [-0.1, -0.05) is 37.3 Å². The number of carboxylic acid groups (broad SMARTS) is 1. The zero-order valence-corrected chi connectivity index (χ0v) is 13.9. The minimum Gasteiger partial charge on any atom is -0.481 e. The van der Waals surface area contributed by atoms with E-state index in [1.807, 2.05) is 37.3 Å². The number of carboxylic acids is 1. The maximum absolute atomic E-state index is 12.2. The van der Waals surface area contributed by atoms with E-state index in [1.54, 1.807) is 4.90 Å². The molecule has 0 radical (unpaired) electrons. The topological polar surface area (TPSA) is 86.7 Å². The Morgan fingerprint density at radius 2 is 1.92 bits per heavy atom. The second kappa shape index (κ2) is 8.47. The van der Waals surface area contributed by atoms with Gasteiger partial charge in [0, 0.05) is 26.1 Å². The van der Waals surface area contributed by atoms with Crippen molar-refractivity contribution in [2.24, 2.45) is 11.8 Å². The summed E-state index contributed by atoms with van der Waals surface area (Å²) in [7, 11) is 0. The van der Waals surface area contributed by atoms with Gasteiger partial charge in [-0.15, -0.1) is 0 Å². The summed E-state index contributed by atoms with van der Waals surface area (Å²) in [5.74, 6) is -1.39. The molecule has 1 aliphatic heterocycles. The normalized spacial score (nSPS) is 20.5. The van der Waals surface area contributed by atoms with Gasteiger partial charge in [0.1, 0.15) is 0 Å². The number of aliphatic carboxylic acids is 1. The minimum atomic E-state index is -0.851. The van der Waals surface area contributed by atoms with Gasteiger partial charge in [0.15, 0.2) is 0 Å². The summed E-state index contributed by atoms with van der Waals surface area (Å²) < 4.78 is 0. The van der Waals surface area contributed by atoms with Crippen LogP contribution in [0.5, 0.6) is 0 Å². The summed E-state index contributed by atoms with van der Waals surface area (Å²) in [4.78, 5) is 36.8. The fourth-order valence-electron chi connectivity index (χ4n) is 3.04. The first-order chi connectivity index (χ1) is 11.5. The van der Waals surface area contributed by atoms with Crippen LogP contribution in [0.25, 0.3) is 0 Å². The molecule has 24 heavy (non-hydrogen) atoms. The molecule has 1 saturated heterocycles. The highest BCUT2D eigenvalue weighted by molar-refractivity contribution is 5.81. The summed E-state index contributed by atoms with van der Waals surface area (Å²) in [5.41, 5.74) is 0.926. The van der Waals surface area contributed by atoms with Gasteiger partial charge >= 0.3 is 5.97 Å². The van der Waals surface area contributed by atoms with Crippen molar-refractivity contribution in [1.29, 1.82) is 0 Å². The van der Waals surface area contributed by atoms with Crippen LogP contribution in [0.15, 0.2) is 30.3 Å². The lowest BCUT2D eigenvalue weighted by molar-refractivity contribution is -0.146. The Hall–Kier alpha value is -2.37. The maximum atomic E-state index is 12.2. The summed E-state index contributed by atoms with van der Waals surface area (Å²) in [5, 5.41) is 11.9. The summed E-state index contributed by atoms with van der Waals surface area (Å²) in [6, 6.07) is 9.41. The van der Waals surface area contributed by atoms with Crippen LogP contribution in [0.4, 0.5) is 0 Å². The Labute approximate surface area is 141 Å². The minimum absolute atomic E-state index is 0.104. The first-order valence-electron chi connectivity index (χ1n) is 8.27. The van der Waals surface area contributed by atoms with Crippen LogP contribution in [0.2, 0.25) is 0 Å². The highest BCUT2D eigenvalue weighted by Gasteiger charge is 2.31. The third kappa shape index (κ3) is 5.37. The highest BCUT2D eigenvalue weighted by atomic mass is 16.4. The number of carbonyl (C=O) groups is 3. The zero-order valence-electron chi connectivity index (χ0n) is 13.9. The molecule has 2 unspecified atom stereocenters. The fourth-order valence-corrected chi connectivity index (χ4v) is 3.04. The fraction of sp³-hybridized carbons (Fsp3) is 0.500. The molecule has 0 saturated carbocycles. The van der Waals surface area contributed by atoms with Crippen molar-refractivity contribution in [3.8, 4) is 0 Å². The molecule has 0 spiro atoms. The predicted molar refractivity (Wildman–Crippen MR) is 89.3 cm³/mol. The van der Waals surface area contributed by atoms with Crippen LogP contribution < -0.4 is 5.32 Å². The van der Waals surface area contributed by atoms with Crippen molar-refractivity contribution in [2.45, 2.75) is 26.2 Å². The highest BCUT2D eigenvalue weighted by Crippen LogP contribution is 2.22. The molecule has 6 heteroatoms. The van der Waals surface area contributed by atoms with Gasteiger partial charge in [-0.05, 0) is 17.9 Å². The van der Waals surface area contributed by atoms with E-state index in [-0.39, 0.29) is 43.7 Å². The van der Waals surface area contributed by atoms with Crippen molar-refractivity contribution >= 4 is 17.8 Å². The Balaban J connectivity index is 1.74. The van der Waals surface area contributed by atoms with E-state index in [1.165, 1.54) is 0 Å².